The molecule has 174 valence electrons. The Morgan fingerprint density at radius 1 is 1.00 bits per heavy atom. The molecule has 3 aliphatic rings. The van der Waals surface area contributed by atoms with Gasteiger partial charge < -0.3 is 14.2 Å². The smallest absolute Gasteiger partial charge is 0.246 e. The van der Waals surface area contributed by atoms with Gasteiger partial charge in [0.25, 0.3) is 0 Å². The number of ether oxygens (including phenoxy) is 3. The van der Waals surface area contributed by atoms with Crippen LogP contribution in [0.25, 0.3) is 6.08 Å². The summed E-state index contributed by atoms with van der Waals surface area (Å²) in [5, 5.41) is 16.7. The minimum atomic E-state index is -0.147. The lowest BCUT2D eigenvalue weighted by Gasteiger charge is -2.38. The zero-order chi connectivity index (χ0) is 23.7. The summed E-state index contributed by atoms with van der Waals surface area (Å²) in [6.45, 7) is 4.72. The zero-order valence-electron chi connectivity index (χ0n) is 19.7. The number of nitrogens with zero attached hydrogens (tertiary/aromatic N) is 3. The molecule has 0 saturated carbocycles. The van der Waals surface area contributed by atoms with Gasteiger partial charge in [0.05, 0.1) is 19.8 Å². The maximum Gasteiger partial charge on any atom is 0.246 e. The molecule has 2 aromatic rings. The number of methoxy groups -OCH3 is 2. The third kappa shape index (κ3) is 4.03. The van der Waals surface area contributed by atoms with Crippen LogP contribution in [0.2, 0.25) is 0 Å². The van der Waals surface area contributed by atoms with Crippen molar-refractivity contribution in [1.29, 1.82) is 5.41 Å². The van der Waals surface area contributed by atoms with Crippen LogP contribution in [-0.4, -0.2) is 44.6 Å². The predicted molar refractivity (Wildman–Crippen MR) is 131 cm³/mol. The van der Waals surface area contributed by atoms with Gasteiger partial charge in [-0.1, -0.05) is 31.2 Å². The molecule has 0 saturated heterocycles. The Kier molecular flexibility index (Phi) is 6.02. The normalized spacial score (nSPS) is 21.0. The number of benzene rings is 2. The van der Waals surface area contributed by atoms with E-state index in [-0.39, 0.29) is 11.8 Å². The van der Waals surface area contributed by atoms with Crippen molar-refractivity contribution in [2.24, 2.45) is 10.2 Å². The van der Waals surface area contributed by atoms with Crippen molar-refractivity contribution in [1.82, 2.24) is 4.90 Å². The number of amidine groups is 1. The fraction of sp³-hybridized carbons (Fsp3) is 0.296. The van der Waals surface area contributed by atoms with E-state index in [0.29, 0.717) is 5.88 Å². The van der Waals surface area contributed by atoms with E-state index in [9.17, 15) is 0 Å². The molecule has 7 nitrogen and oxygen atoms in total. The maximum absolute atomic E-state index is 8.45. The molecular formula is C27H28N4O3. The topological polar surface area (TPSA) is 79.5 Å². The van der Waals surface area contributed by atoms with E-state index in [0.717, 1.165) is 71.2 Å². The summed E-state index contributed by atoms with van der Waals surface area (Å²) in [5.74, 6) is 2.91. The third-order valence-corrected chi connectivity index (χ3v) is 6.38. The van der Waals surface area contributed by atoms with Gasteiger partial charge in [0.1, 0.15) is 17.3 Å². The summed E-state index contributed by atoms with van der Waals surface area (Å²) < 4.78 is 17.0. The quantitative estimate of drug-likeness (QED) is 0.619. The fourth-order valence-electron chi connectivity index (χ4n) is 4.80. The van der Waals surface area contributed by atoms with Gasteiger partial charge in [-0.3, -0.25) is 10.3 Å². The van der Waals surface area contributed by atoms with E-state index < -0.39 is 0 Å². The average molecular weight is 457 g/mol. The minimum absolute atomic E-state index is 0.147. The van der Waals surface area contributed by atoms with Gasteiger partial charge in [0.15, 0.2) is 5.84 Å². The molecule has 0 aromatic heterocycles. The van der Waals surface area contributed by atoms with Crippen LogP contribution in [0.4, 0.5) is 0 Å². The molecule has 3 heterocycles. The summed E-state index contributed by atoms with van der Waals surface area (Å²) >= 11 is 0. The van der Waals surface area contributed by atoms with E-state index >= 15 is 0 Å². The van der Waals surface area contributed by atoms with Crippen LogP contribution in [0.3, 0.4) is 0 Å². The Hall–Kier alpha value is -3.71. The maximum atomic E-state index is 8.45. The highest BCUT2D eigenvalue weighted by molar-refractivity contribution is 6.00. The van der Waals surface area contributed by atoms with E-state index in [1.54, 1.807) is 14.2 Å². The summed E-state index contributed by atoms with van der Waals surface area (Å²) in [4.78, 5) is 2.44. The molecule has 0 aliphatic carbocycles. The molecule has 7 heteroatoms. The van der Waals surface area contributed by atoms with Crippen molar-refractivity contribution in [2.75, 3.05) is 33.9 Å². The Morgan fingerprint density at radius 2 is 1.68 bits per heavy atom. The molecule has 3 aliphatic heterocycles. The van der Waals surface area contributed by atoms with Crippen molar-refractivity contribution in [2.45, 2.75) is 19.3 Å². The fourth-order valence-corrected chi connectivity index (χ4v) is 4.80. The molecule has 0 radical (unpaired) electrons. The largest absolute Gasteiger partial charge is 0.497 e. The minimum Gasteiger partial charge on any atom is -0.497 e. The molecule has 2 aromatic carbocycles. The second-order valence-corrected chi connectivity index (χ2v) is 8.58. The summed E-state index contributed by atoms with van der Waals surface area (Å²) in [6, 6.07) is 16.0. The van der Waals surface area contributed by atoms with Gasteiger partial charge in [-0.2, -0.15) is 0 Å². The van der Waals surface area contributed by atoms with Gasteiger partial charge in [-0.05, 0) is 60.0 Å². The van der Waals surface area contributed by atoms with Crippen LogP contribution < -0.4 is 9.47 Å². The SMILES string of the molecule is CCCN1CC2=C(OC3=C(C(=N)N=N3)C2c2ccc(OC)cc2)/C(=C/c2ccc(OC)cc2)C1. The first-order valence-corrected chi connectivity index (χ1v) is 11.5. The number of azo groups is 1. The lowest BCUT2D eigenvalue weighted by Crippen LogP contribution is -2.38. The van der Waals surface area contributed by atoms with Crippen LogP contribution >= 0.6 is 0 Å². The van der Waals surface area contributed by atoms with E-state index in [1.165, 1.54) is 0 Å². The second-order valence-electron chi connectivity index (χ2n) is 8.58. The Morgan fingerprint density at radius 3 is 2.32 bits per heavy atom. The van der Waals surface area contributed by atoms with E-state index in [2.05, 4.69) is 40.3 Å². The monoisotopic (exact) mass is 456 g/mol. The highest BCUT2D eigenvalue weighted by Gasteiger charge is 2.41. The first-order valence-electron chi connectivity index (χ1n) is 11.5. The molecule has 5 rings (SSSR count). The van der Waals surface area contributed by atoms with Crippen molar-refractivity contribution < 1.29 is 14.2 Å². The number of nitrogens with one attached hydrogen (secondary N) is 1. The molecule has 0 fully saturated rings. The van der Waals surface area contributed by atoms with Crippen molar-refractivity contribution >= 4 is 11.9 Å². The first kappa shape index (κ1) is 22.1. The number of rotatable bonds is 6. The zero-order valence-corrected chi connectivity index (χ0v) is 19.7. The van der Waals surface area contributed by atoms with Crippen molar-refractivity contribution in [3.8, 4) is 11.5 Å². The molecule has 0 spiro atoms. The van der Waals surface area contributed by atoms with Crippen LogP contribution in [0.5, 0.6) is 11.5 Å². The predicted octanol–water partition coefficient (Wildman–Crippen LogP) is 5.54. The van der Waals surface area contributed by atoms with E-state index in [4.69, 9.17) is 19.6 Å². The van der Waals surface area contributed by atoms with Crippen LogP contribution in [0, 0.1) is 5.41 Å². The lowest BCUT2D eigenvalue weighted by atomic mass is 9.79. The molecule has 1 unspecified atom stereocenters. The van der Waals surface area contributed by atoms with Gasteiger partial charge in [0, 0.05) is 24.6 Å². The number of hydrogen-bond acceptors (Lipinski definition) is 6. The summed E-state index contributed by atoms with van der Waals surface area (Å²) in [6.07, 6.45) is 3.23. The van der Waals surface area contributed by atoms with Gasteiger partial charge in [0.2, 0.25) is 5.88 Å². The van der Waals surface area contributed by atoms with Crippen LogP contribution in [0.15, 0.2) is 87.1 Å². The first-order chi connectivity index (χ1) is 16.6. The summed E-state index contributed by atoms with van der Waals surface area (Å²) in [5.41, 5.74) is 5.11. The Labute approximate surface area is 199 Å². The number of hydrogen-bond donors (Lipinski definition) is 1. The molecular weight excluding hydrogens is 428 g/mol. The van der Waals surface area contributed by atoms with E-state index in [1.807, 2.05) is 36.4 Å². The molecule has 0 bridgehead atoms. The van der Waals surface area contributed by atoms with Gasteiger partial charge in [-0.25, -0.2) is 0 Å². The average Bonchev–Trinajstić information content (AvgIpc) is 3.24. The summed E-state index contributed by atoms with van der Waals surface area (Å²) in [7, 11) is 3.33. The third-order valence-electron chi connectivity index (χ3n) is 6.38. The lowest BCUT2D eigenvalue weighted by molar-refractivity contribution is 0.235. The highest BCUT2D eigenvalue weighted by Crippen LogP contribution is 2.47. The second kappa shape index (κ2) is 9.27. The molecule has 1 atom stereocenters. The van der Waals surface area contributed by atoms with Crippen LogP contribution in [-0.2, 0) is 4.74 Å². The van der Waals surface area contributed by atoms with Crippen molar-refractivity contribution in [3.63, 3.8) is 0 Å². The Balaban J connectivity index is 1.63. The van der Waals surface area contributed by atoms with Gasteiger partial charge in [-0.15, -0.1) is 10.2 Å². The van der Waals surface area contributed by atoms with Crippen LogP contribution in [0.1, 0.15) is 30.4 Å². The van der Waals surface area contributed by atoms with Crippen molar-refractivity contribution in [3.05, 3.63) is 88.0 Å². The standard InChI is InChI=1S/C27H28N4O3/c1-4-13-31-15-19(14-17-5-9-20(32-2)10-6-17)25-22(16-31)23(18-7-11-21(33-3)12-8-18)24-26(28)29-30-27(24)34-25/h5-12,14,23,28H,4,13,15-16H2,1-3H3/b19-14+,28-26?. The highest BCUT2D eigenvalue weighted by atomic mass is 16.5. The molecule has 34 heavy (non-hydrogen) atoms. The molecule has 0 amide bonds. The Bertz CT molecular complexity index is 1220. The molecule has 1 N–H and O–H groups in total. The van der Waals surface area contributed by atoms with Gasteiger partial charge >= 0.3 is 0 Å².